The summed E-state index contributed by atoms with van der Waals surface area (Å²) >= 11 is 1.32. The van der Waals surface area contributed by atoms with Gasteiger partial charge in [0.25, 0.3) is 5.91 Å². The number of aromatic nitrogens is 3. The second kappa shape index (κ2) is 9.34. The van der Waals surface area contributed by atoms with E-state index in [-0.39, 0.29) is 11.7 Å². The summed E-state index contributed by atoms with van der Waals surface area (Å²) in [6.07, 6.45) is 4.32. The van der Waals surface area contributed by atoms with Gasteiger partial charge in [-0.05, 0) is 32.0 Å². The first-order chi connectivity index (χ1) is 13.6. The molecule has 2 aromatic heterocycles. The second-order valence-corrected chi connectivity index (χ2v) is 6.65. The lowest BCUT2D eigenvalue weighted by molar-refractivity contribution is 0.0526. The van der Waals surface area contributed by atoms with Crippen molar-refractivity contribution in [3.63, 3.8) is 0 Å². The van der Waals surface area contributed by atoms with E-state index in [2.05, 4.69) is 15.0 Å². The van der Waals surface area contributed by atoms with E-state index in [1.165, 1.54) is 29.9 Å². The summed E-state index contributed by atoms with van der Waals surface area (Å²) in [5.41, 5.74) is 1.49. The third-order valence-electron chi connectivity index (χ3n) is 3.84. The molecule has 2 heterocycles. The van der Waals surface area contributed by atoms with Gasteiger partial charge in [-0.1, -0.05) is 11.3 Å². The van der Waals surface area contributed by atoms with Crippen LogP contribution in [0.15, 0.2) is 41.8 Å². The van der Waals surface area contributed by atoms with Crippen LogP contribution in [-0.4, -0.2) is 46.2 Å². The van der Waals surface area contributed by atoms with Crippen molar-refractivity contribution in [2.75, 3.05) is 19.8 Å². The van der Waals surface area contributed by atoms with Gasteiger partial charge in [0.05, 0.1) is 35.2 Å². The number of esters is 1. The average molecular weight is 400 g/mol. The lowest BCUT2D eigenvalue weighted by atomic mass is 10.2. The summed E-state index contributed by atoms with van der Waals surface area (Å²) in [7, 11) is 0. The molecule has 0 aliphatic carbocycles. The molecule has 0 fully saturated rings. The molecule has 0 radical (unpaired) electrons. The molecule has 0 saturated carbocycles. The van der Waals surface area contributed by atoms with Crippen LogP contribution in [0, 0.1) is 0 Å². The van der Waals surface area contributed by atoms with E-state index in [0.717, 1.165) is 10.2 Å². The lowest BCUT2D eigenvalue weighted by Crippen LogP contribution is -2.20. The predicted octanol–water partition coefficient (Wildman–Crippen LogP) is 2.45. The van der Waals surface area contributed by atoms with Crippen LogP contribution in [0.3, 0.4) is 0 Å². The number of fused-ring (bicyclic) bond motifs is 1. The summed E-state index contributed by atoms with van der Waals surface area (Å²) in [4.78, 5) is 37.1. The summed E-state index contributed by atoms with van der Waals surface area (Å²) in [6.45, 7) is 5.60. The normalized spacial score (nSPS) is 11.7. The van der Waals surface area contributed by atoms with Gasteiger partial charge in [0.15, 0.2) is 4.80 Å². The Kier molecular flexibility index (Phi) is 6.62. The van der Waals surface area contributed by atoms with Gasteiger partial charge < -0.3 is 14.0 Å². The number of benzene rings is 1. The van der Waals surface area contributed by atoms with Crippen molar-refractivity contribution in [3.05, 3.63) is 52.8 Å². The van der Waals surface area contributed by atoms with Crippen LogP contribution in [0.4, 0.5) is 0 Å². The number of carbonyl (C=O) groups is 2. The summed E-state index contributed by atoms with van der Waals surface area (Å²) in [5.74, 6) is -0.858. The standard InChI is InChI=1S/C19H20N4O4S/c1-3-26-10-9-23-15-6-5-13(18(25)27-4-2)11-16(15)28-19(23)22-17(24)14-12-20-7-8-21-14/h5-8,11-12H,3-4,9-10H2,1-2H3. The maximum absolute atomic E-state index is 12.5. The van der Waals surface area contributed by atoms with Crippen LogP contribution in [0.1, 0.15) is 34.7 Å². The van der Waals surface area contributed by atoms with E-state index in [0.29, 0.717) is 36.7 Å². The van der Waals surface area contributed by atoms with E-state index in [1.54, 1.807) is 19.1 Å². The topological polar surface area (TPSA) is 95.7 Å². The van der Waals surface area contributed by atoms with Crippen molar-refractivity contribution >= 4 is 33.4 Å². The number of nitrogens with zero attached hydrogens (tertiary/aromatic N) is 4. The minimum absolute atomic E-state index is 0.170. The molecule has 146 valence electrons. The Bertz CT molecular complexity index is 1040. The molecule has 0 aliphatic rings. The number of ether oxygens (including phenoxy) is 2. The van der Waals surface area contributed by atoms with Crippen molar-refractivity contribution < 1.29 is 19.1 Å². The Morgan fingerprint density at radius 1 is 1.21 bits per heavy atom. The highest BCUT2D eigenvalue weighted by molar-refractivity contribution is 7.16. The van der Waals surface area contributed by atoms with Gasteiger partial charge in [-0.2, -0.15) is 4.99 Å². The Hall–Kier alpha value is -2.91. The fraction of sp³-hybridized carbons (Fsp3) is 0.316. The molecule has 0 aliphatic heterocycles. The molecule has 9 heteroatoms. The number of carbonyl (C=O) groups excluding carboxylic acids is 2. The first kappa shape index (κ1) is 19.8. The highest BCUT2D eigenvalue weighted by Crippen LogP contribution is 2.20. The molecule has 0 spiro atoms. The van der Waals surface area contributed by atoms with Crippen molar-refractivity contribution in [3.8, 4) is 0 Å². The number of rotatable bonds is 7. The Balaban J connectivity index is 2.05. The van der Waals surface area contributed by atoms with Crippen LogP contribution in [-0.2, 0) is 16.0 Å². The molecule has 3 rings (SSSR count). The number of amides is 1. The monoisotopic (exact) mass is 400 g/mol. The van der Waals surface area contributed by atoms with E-state index >= 15 is 0 Å². The zero-order valence-corrected chi connectivity index (χ0v) is 16.4. The minimum atomic E-state index is -0.476. The van der Waals surface area contributed by atoms with Crippen LogP contribution in [0.25, 0.3) is 10.2 Å². The molecule has 3 aromatic rings. The quantitative estimate of drug-likeness (QED) is 0.446. The van der Waals surface area contributed by atoms with Crippen LogP contribution in [0.2, 0.25) is 0 Å². The molecule has 0 N–H and O–H groups in total. The first-order valence-electron chi connectivity index (χ1n) is 8.87. The summed E-state index contributed by atoms with van der Waals surface area (Å²) in [5, 5.41) is 0. The van der Waals surface area contributed by atoms with E-state index in [1.807, 2.05) is 17.6 Å². The maximum atomic E-state index is 12.5. The largest absolute Gasteiger partial charge is 0.462 e. The number of thiazole rings is 1. The highest BCUT2D eigenvalue weighted by atomic mass is 32.1. The molecule has 8 nitrogen and oxygen atoms in total. The first-order valence-corrected chi connectivity index (χ1v) is 9.69. The van der Waals surface area contributed by atoms with Gasteiger partial charge in [-0.15, -0.1) is 0 Å². The smallest absolute Gasteiger partial charge is 0.338 e. The zero-order chi connectivity index (χ0) is 19.9. The molecule has 28 heavy (non-hydrogen) atoms. The van der Waals surface area contributed by atoms with Crippen LogP contribution in [0.5, 0.6) is 0 Å². The summed E-state index contributed by atoms with van der Waals surface area (Å²) < 4.78 is 13.2. The molecule has 0 bridgehead atoms. The molecule has 0 saturated heterocycles. The van der Waals surface area contributed by atoms with Gasteiger partial charge in [0, 0.05) is 25.5 Å². The average Bonchev–Trinajstić information content (AvgIpc) is 3.05. The third kappa shape index (κ3) is 4.49. The van der Waals surface area contributed by atoms with E-state index in [9.17, 15) is 9.59 Å². The lowest BCUT2D eigenvalue weighted by Gasteiger charge is -2.06. The maximum Gasteiger partial charge on any atom is 0.338 e. The number of hydrogen-bond donors (Lipinski definition) is 0. The van der Waals surface area contributed by atoms with Crippen molar-refractivity contribution in [1.29, 1.82) is 0 Å². The Morgan fingerprint density at radius 3 is 2.79 bits per heavy atom. The Morgan fingerprint density at radius 2 is 2.07 bits per heavy atom. The van der Waals surface area contributed by atoms with Gasteiger partial charge in [0.2, 0.25) is 0 Å². The van der Waals surface area contributed by atoms with Gasteiger partial charge in [0.1, 0.15) is 5.69 Å². The van der Waals surface area contributed by atoms with Crippen LogP contribution >= 0.6 is 11.3 Å². The van der Waals surface area contributed by atoms with Crippen LogP contribution < -0.4 is 4.80 Å². The van der Waals surface area contributed by atoms with Gasteiger partial charge >= 0.3 is 5.97 Å². The highest BCUT2D eigenvalue weighted by Gasteiger charge is 2.13. The number of hydrogen-bond acceptors (Lipinski definition) is 7. The molecule has 0 unspecified atom stereocenters. The molecule has 1 amide bonds. The molecule has 1 aromatic carbocycles. The minimum Gasteiger partial charge on any atom is -0.462 e. The SMILES string of the molecule is CCOCCn1c(=NC(=O)c2cnccn2)sc2cc(C(=O)OCC)ccc21. The second-order valence-electron chi connectivity index (χ2n) is 5.64. The van der Waals surface area contributed by atoms with E-state index < -0.39 is 5.91 Å². The van der Waals surface area contributed by atoms with Gasteiger partial charge in [-0.3, -0.25) is 9.78 Å². The zero-order valence-electron chi connectivity index (χ0n) is 15.6. The van der Waals surface area contributed by atoms with Crippen molar-refractivity contribution in [2.24, 2.45) is 4.99 Å². The third-order valence-corrected chi connectivity index (χ3v) is 4.88. The fourth-order valence-corrected chi connectivity index (χ4v) is 3.66. The predicted molar refractivity (Wildman–Crippen MR) is 104 cm³/mol. The van der Waals surface area contributed by atoms with Crippen molar-refractivity contribution in [2.45, 2.75) is 20.4 Å². The fourth-order valence-electron chi connectivity index (χ4n) is 2.57. The van der Waals surface area contributed by atoms with Crippen molar-refractivity contribution in [1.82, 2.24) is 14.5 Å². The molecular weight excluding hydrogens is 380 g/mol. The van der Waals surface area contributed by atoms with Gasteiger partial charge in [-0.25, -0.2) is 9.78 Å². The van der Waals surface area contributed by atoms with E-state index in [4.69, 9.17) is 9.47 Å². The molecular formula is C19H20N4O4S. The Labute approximate surface area is 165 Å². The molecule has 0 atom stereocenters. The summed E-state index contributed by atoms with van der Waals surface area (Å²) in [6, 6.07) is 5.29.